The van der Waals surface area contributed by atoms with Crippen LogP contribution in [0.5, 0.6) is 5.75 Å². The number of nitrogens with two attached hydrogens (primary N) is 1. The molecule has 0 aliphatic rings. The van der Waals surface area contributed by atoms with Crippen molar-refractivity contribution in [3.63, 3.8) is 0 Å². The van der Waals surface area contributed by atoms with Crippen LogP contribution < -0.4 is 15.8 Å². The zero-order chi connectivity index (χ0) is 23.6. The number of nitrogens with one attached hydrogen (secondary N) is 3. The molecule has 1 amide bonds. The molecule has 0 atom stereocenters. The van der Waals surface area contributed by atoms with Crippen LogP contribution in [0.3, 0.4) is 0 Å². The molecule has 4 aromatic rings. The number of H-pyrrole nitrogens is 1. The summed E-state index contributed by atoms with van der Waals surface area (Å²) < 4.78 is 29.2. The number of sulfonamides is 1. The van der Waals surface area contributed by atoms with Gasteiger partial charge < -0.3 is 21.1 Å². The maximum Gasteiger partial charge on any atom is 0.263 e. The highest BCUT2D eigenvalue weighted by molar-refractivity contribution is 7.92. The van der Waals surface area contributed by atoms with E-state index >= 15 is 0 Å². The number of hydrogen-bond acceptors (Lipinski definition) is 5. The number of anilines is 2. The van der Waals surface area contributed by atoms with Crippen LogP contribution in [-0.4, -0.2) is 24.4 Å². The minimum absolute atomic E-state index is 0.142. The average molecular weight is 465 g/mol. The fourth-order valence-electron chi connectivity index (χ4n) is 3.67. The summed E-state index contributed by atoms with van der Waals surface area (Å²) in [4.78, 5) is 14.7. The van der Waals surface area contributed by atoms with Gasteiger partial charge in [0.25, 0.3) is 15.9 Å². The van der Waals surface area contributed by atoms with Gasteiger partial charge >= 0.3 is 0 Å². The third-order valence-corrected chi connectivity index (χ3v) is 6.80. The van der Waals surface area contributed by atoms with Crippen LogP contribution in [0.1, 0.15) is 28.4 Å². The lowest BCUT2D eigenvalue weighted by Crippen LogP contribution is -2.18. The predicted molar refractivity (Wildman–Crippen MR) is 129 cm³/mol. The minimum atomic E-state index is -4.13. The van der Waals surface area contributed by atoms with E-state index in [1.165, 1.54) is 6.07 Å². The monoisotopic (exact) mass is 464 g/mol. The van der Waals surface area contributed by atoms with E-state index in [4.69, 9.17) is 5.73 Å². The zero-order valence-corrected chi connectivity index (χ0v) is 18.7. The standard InChI is InChI=1S/C24H24N4O4S/c1-2-16-14-27-20-10-17(8-9-18(16)20)28-33(31,32)23-11-19(24(25)30)22(29)12-21(23)26-13-15-6-4-3-5-7-15/h3-12,14,26-29H,2,13H2,1H3,(H2,25,30). The molecule has 0 fully saturated rings. The van der Waals surface area contributed by atoms with Crippen molar-refractivity contribution >= 4 is 38.2 Å². The SMILES string of the molecule is CCc1c[nH]c2cc(NS(=O)(=O)c3cc(C(N)=O)c(O)cc3NCc3ccccc3)ccc12. The summed E-state index contributed by atoms with van der Waals surface area (Å²) in [7, 11) is -4.13. The average Bonchev–Trinajstić information content (AvgIpc) is 3.20. The maximum absolute atomic E-state index is 13.3. The van der Waals surface area contributed by atoms with Crippen molar-refractivity contribution in [2.45, 2.75) is 24.8 Å². The Kier molecular flexibility index (Phi) is 5.97. The van der Waals surface area contributed by atoms with E-state index < -0.39 is 21.7 Å². The van der Waals surface area contributed by atoms with Crippen molar-refractivity contribution in [2.75, 3.05) is 10.0 Å². The van der Waals surface area contributed by atoms with Crippen LogP contribution in [0.15, 0.2) is 71.8 Å². The number of phenols is 1. The molecule has 0 aliphatic heterocycles. The molecule has 9 heteroatoms. The van der Waals surface area contributed by atoms with Gasteiger partial charge in [0, 0.05) is 29.7 Å². The van der Waals surface area contributed by atoms with Gasteiger partial charge in [-0.1, -0.05) is 43.3 Å². The number of aryl methyl sites for hydroxylation is 1. The second-order valence-electron chi connectivity index (χ2n) is 7.60. The zero-order valence-electron chi connectivity index (χ0n) is 17.9. The van der Waals surface area contributed by atoms with Gasteiger partial charge in [-0.15, -0.1) is 0 Å². The van der Waals surface area contributed by atoms with Gasteiger partial charge in [-0.2, -0.15) is 0 Å². The Morgan fingerprint density at radius 1 is 1.09 bits per heavy atom. The van der Waals surface area contributed by atoms with Gasteiger partial charge in [-0.3, -0.25) is 9.52 Å². The molecule has 1 heterocycles. The largest absolute Gasteiger partial charge is 0.507 e. The number of aromatic hydroxyl groups is 1. The van der Waals surface area contributed by atoms with Crippen molar-refractivity contribution in [1.29, 1.82) is 0 Å². The van der Waals surface area contributed by atoms with Gasteiger partial charge in [0.1, 0.15) is 10.6 Å². The number of primary amides is 1. The summed E-state index contributed by atoms with van der Waals surface area (Å²) in [6, 6.07) is 16.9. The fraction of sp³-hybridized carbons (Fsp3) is 0.125. The van der Waals surface area contributed by atoms with Crippen molar-refractivity contribution in [1.82, 2.24) is 4.98 Å². The number of carbonyl (C=O) groups excluding carboxylic acids is 1. The van der Waals surface area contributed by atoms with Crippen molar-refractivity contribution < 1.29 is 18.3 Å². The minimum Gasteiger partial charge on any atom is -0.507 e. The second kappa shape index (κ2) is 8.87. The summed E-state index contributed by atoms with van der Waals surface area (Å²) in [6.07, 6.45) is 2.75. The van der Waals surface area contributed by atoms with Crippen molar-refractivity contribution in [2.24, 2.45) is 5.73 Å². The molecular weight excluding hydrogens is 440 g/mol. The number of carbonyl (C=O) groups is 1. The number of benzene rings is 3. The van der Waals surface area contributed by atoms with E-state index in [1.807, 2.05) is 49.5 Å². The van der Waals surface area contributed by atoms with E-state index in [0.717, 1.165) is 34.5 Å². The first kappa shape index (κ1) is 22.2. The molecular formula is C24H24N4O4S. The highest BCUT2D eigenvalue weighted by Gasteiger charge is 2.23. The number of hydrogen-bond donors (Lipinski definition) is 5. The number of fused-ring (bicyclic) bond motifs is 1. The van der Waals surface area contributed by atoms with Crippen LogP contribution in [0.2, 0.25) is 0 Å². The third kappa shape index (κ3) is 4.63. The van der Waals surface area contributed by atoms with Crippen LogP contribution >= 0.6 is 0 Å². The predicted octanol–water partition coefficient (Wildman–Crippen LogP) is 3.95. The topological polar surface area (TPSA) is 137 Å². The van der Waals surface area contributed by atoms with Gasteiger partial charge in [0.05, 0.1) is 16.9 Å². The Balaban J connectivity index is 1.71. The number of rotatable bonds is 8. The molecule has 33 heavy (non-hydrogen) atoms. The van der Waals surface area contributed by atoms with Crippen LogP contribution in [0.4, 0.5) is 11.4 Å². The van der Waals surface area contributed by atoms with Gasteiger partial charge in [-0.05, 0) is 35.7 Å². The highest BCUT2D eigenvalue weighted by atomic mass is 32.2. The van der Waals surface area contributed by atoms with Crippen molar-refractivity contribution in [3.05, 3.63) is 83.6 Å². The van der Waals surface area contributed by atoms with E-state index in [-0.39, 0.29) is 16.1 Å². The molecule has 8 nitrogen and oxygen atoms in total. The first-order chi connectivity index (χ1) is 15.8. The lowest BCUT2D eigenvalue weighted by atomic mass is 10.1. The number of amides is 1. The third-order valence-electron chi connectivity index (χ3n) is 5.38. The van der Waals surface area contributed by atoms with E-state index in [2.05, 4.69) is 15.0 Å². The Morgan fingerprint density at radius 3 is 2.55 bits per heavy atom. The lowest BCUT2D eigenvalue weighted by molar-refractivity contribution is 0.0997. The summed E-state index contributed by atoms with van der Waals surface area (Å²) in [6.45, 7) is 2.36. The summed E-state index contributed by atoms with van der Waals surface area (Å²) >= 11 is 0. The quantitative estimate of drug-likeness (QED) is 0.269. The smallest absolute Gasteiger partial charge is 0.263 e. The first-order valence-corrected chi connectivity index (χ1v) is 11.8. The Morgan fingerprint density at radius 2 is 1.85 bits per heavy atom. The first-order valence-electron chi connectivity index (χ1n) is 10.4. The van der Waals surface area contributed by atoms with E-state index in [0.29, 0.717) is 12.2 Å². The Bertz CT molecular complexity index is 1430. The molecule has 4 rings (SSSR count). The summed E-state index contributed by atoms with van der Waals surface area (Å²) in [5.74, 6) is -1.34. The molecule has 0 saturated heterocycles. The van der Waals surface area contributed by atoms with Gasteiger partial charge in [0.15, 0.2) is 0 Å². The molecule has 0 radical (unpaired) electrons. The molecule has 0 bridgehead atoms. The van der Waals surface area contributed by atoms with E-state index in [9.17, 15) is 18.3 Å². The second-order valence-corrected chi connectivity index (χ2v) is 9.25. The molecule has 3 aromatic carbocycles. The molecule has 170 valence electrons. The summed E-state index contributed by atoms with van der Waals surface area (Å²) in [5.41, 5.74) is 8.40. The highest BCUT2D eigenvalue weighted by Crippen LogP contribution is 2.32. The molecule has 1 aromatic heterocycles. The lowest BCUT2D eigenvalue weighted by Gasteiger charge is -2.16. The van der Waals surface area contributed by atoms with Crippen LogP contribution in [-0.2, 0) is 23.0 Å². The van der Waals surface area contributed by atoms with Gasteiger partial charge in [-0.25, -0.2) is 8.42 Å². The van der Waals surface area contributed by atoms with Crippen LogP contribution in [0, 0.1) is 0 Å². The molecule has 0 aliphatic carbocycles. The van der Waals surface area contributed by atoms with Crippen LogP contribution in [0.25, 0.3) is 10.9 Å². The molecule has 0 unspecified atom stereocenters. The Hall–Kier alpha value is -3.98. The normalized spacial score (nSPS) is 11.4. The van der Waals surface area contributed by atoms with Gasteiger partial charge in [0.2, 0.25) is 0 Å². The molecule has 0 spiro atoms. The maximum atomic E-state index is 13.3. The summed E-state index contributed by atoms with van der Waals surface area (Å²) in [5, 5.41) is 14.3. The molecule has 0 saturated carbocycles. The van der Waals surface area contributed by atoms with E-state index in [1.54, 1.807) is 12.1 Å². The Labute approximate surface area is 191 Å². The number of aromatic nitrogens is 1. The number of aromatic amines is 1. The molecule has 6 N–H and O–H groups in total. The fourth-order valence-corrected chi connectivity index (χ4v) is 4.91. The van der Waals surface area contributed by atoms with Crippen molar-refractivity contribution in [3.8, 4) is 5.75 Å².